The fourth-order valence-electron chi connectivity index (χ4n) is 2.23. The van der Waals surface area contributed by atoms with Crippen molar-refractivity contribution in [2.45, 2.75) is 13.3 Å². The monoisotopic (exact) mass is 274 g/mol. The molecule has 1 amide bonds. The van der Waals surface area contributed by atoms with Gasteiger partial charge in [0.25, 0.3) is 5.91 Å². The molecule has 2 aromatic rings. The summed E-state index contributed by atoms with van der Waals surface area (Å²) in [7, 11) is 0. The molecular formula is C13H14N4OS. The Balaban J connectivity index is 1.98. The SMILES string of the molecule is CC1=CCCN(C(=O)c2sc3nccnc3c2N)C1. The van der Waals surface area contributed by atoms with E-state index < -0.39 is 0 Å². The van der Waals surface area contributed by atoms with Crippen LogP contribution in [0.1, 0.15) is 23.0 Å². The summed E-state index contributed by atoms with van der Waals surface area (Å²) in [6.07, 6.45) is 6.27. The van der Waals surface area contributed by atoms with E-state index in [1.807, 2.05) is 11.8 Å². The molecule has 0 unspecified atom stereocenters. The topological polar surface area (TPSA) is 72.1 Å². The third-order valence-electron chi connectivity index (χ3n) is 3.18. The first-order chi connectivity index (χ1) is 9.16. The van der Waals surface area contributed by atoms with Crippen molar-refractivity contribution >= 4 is 33.3 Å². The predicted octanol–water partition coefficient (Wildman–Crippen LogP) is 2.07. The van der Waals surface area contributed by atoms with Gasteiger partial charge in [-0.2, -0.15) is 0 Å². The molecule has 0 bridgehead atoms. The van der Waals surface area contributed by atoms with Crippen LogP contribution in [0.3, 0.4) is 0 Å². The van der Waals surface area contributed by atoms with Crippen LogP contribution in [-0.4, -0.2) is 33.9 Å². The minimum absolute atomic E-state index is 0.0187. The second kappa shape index (κ2) is 4.62. The summed E-state index contributed by atoms with van der Waals surface area (Å²) in [5.41, 5.74) is 8.32. The van der Waals surface area contributed by atoms with Crippen LogP contribution in [0.25, 0.3) is 10.3 Å². The number of aromatic nitrogens is 2. The van der Waals surface area contributed by atoms with Gasteiger partial charge in [-0.05, 0) is 13.3 Å². The van der Waals surface area contributed by atoms with Crippen molar-refractivity contribution in [3.63, 3.8) is 0 Å². The third-order valence-corrected chi connectivity index (χ3v) is 4.27. The maximum atomic E-state index is 12.5. The Hall–Kier alpha value is -1.95. The van der Waals surface area contributed by atoms with Gasteiger partial charge in [-0.15, -0.1) is 11.3 Å². The molecule has 0 fully saturated rings. The second-order valence-electron chi connectivity index (χ2n) is 4.62. The molecule has 2 N–H and O–H groups in total. The lowest BCUT2D eigenvalue weighted by atomic mass is 10.1. The van der Waals surface area contributed by atoms with E-state index in [9.17, 15) is 4.79 Å². The summed E-state index contributed by atoms with van der Waals surface area (Å²) >= 11 is 1.32. The summed E-state index contributed by atoms with van der Waals surface area (Å²) < 4.78 is 0. The molecule has 0 atom stereocenters. The molecular weight excluding hydrogens is 260 g/mol. The number of carbonyl (C=O) groups is 1. The van der Waals surface area contributed by atoms with Crippen LogP contribution in [0.4, 0.5) is 5.69 Å². The molecule has 3 heterocycles. The van der Waals surface area contributed by atoms with Crippen molar-refractivity contribution in [2.24, 2.45) is 0 Å². The van der Waals surface area contributed by atoms with Gasteiger partial charge in [-0.25, -0.2) is 9.97 Å². The molecule has 0 saturated heterocycles. The van der Waals surface area contributed by atoms with E-state index in [0.717, 1.165) is 13.0 Å². The summed E-state index contributed by atoms with van der Waals surface area (Å²) in [6.45, 7) is 3.45. The van der Waals surface area contributed by atoms with E-state index in [0.29, 0.717) is 27.5 Å². The van der Waals surface area contributed by atoms with Crippen molar-refractivity contribution in [1.29, 1.82) is 0 Å². The summed E-state index contributed by atoms with van der Waals surface area (Å²) in [6, 6.07) is 0. The number of carbonyl (C=O) groups excluding carboxylic acids is 1. The smallest absolute Gasteiger partial charge is 0.266 e. The number of nitrogens with two attached hydrogens (primary N) is 1. The summed E-state index contributed by atoms with van der Waals surface area (Å²) in [5.74, 6) is -0.0187. The molecule has 5 nitrogen and oxygen atoms in total. The quantitative estimate of drug-likeness (QED) is 0.808. The lowest BCUT2D eigenvalue weighted by Gasteiger charge is -2.25. The number of amides is 1. The second-order valence-corrected chi connectivity index (χ2v) is 5.62. The predicted molar refractivity (Wildman–Crippen MR) is 76.1 cm³/mol. The molecule has 0 saturated carbocycles. The number of thiophene rings is 1. The van der Waals surface area contributed by atoms with Crippen LogP contribution in [-0.2, 0) is 0 Å². The van der Waals surface area contributed by atoms with E-state index in [1.165, 1.54) is 16.9 Å². The number of hydrogen-bond donors (Lipinski definition) is 1. The van der Waals surface area contributed by atoms with E-state index in [2.05, 4.69) is 16.0 Å². The third kappa shape index (κ3) is 2.08. The normalized spacial score (nSPS) is 15.6. The lowest BCUT2D eigenvalue weighted by molar-refractivity contribution is 0.0772. The molecule has 1 aliphatic heterocycles. The van der Waals surface area contributed by atoms with Gasteiger partial charge < -0.3 is 10.6 Å². The van der Waals surface area contributed by atoms with E-state index >= 15 is 0 Å². The Morgan fingerprint density at radius 1 is 1.42 bits per heavy atom. The van der Waals surface area contributed by atoms with Gasteiger partial charge in [0.05, 0.1) is 5.69 Å². The Morgan fingerprint density at radius 3 is 2.95 bits per heavy atom. The zero-order valence-corrected chi connectivity index (χ0v) is 11.4. The van der Waals surface area contributed by atoms with Crippen LogP contribution in [0.5, 0.6) is 0 Å². The fourth-order valence-corrected chi connectivity index (χ4v) is 3.22. The number of nitrogen functional groups attached to an aromatic ring is 1. The number of nitrogens with zero attached hydrogens (tertiary/aromatic N) is 3. The van der Waals surface area contributed by atoms with Crippen molar-refractivity contribution in [2.75, 3.05) is 18.8 Å². The standard InChI is InChI=1S/C13H14N4OS/c1-8-3-2-6-17(7-8)13(18)11-9(14)10-12(19-11)16-5-4-15-10/h3-5H,2,6-7,14H2,1H3. The first-order valence-electron chi connectivity index (χ1n) is 6.10. The molecule has 3 rings (SSSR count). The minimum atomic E-state index is -0.0187. The molecule has 0 radical (unpaired) electrons. The molecule has 1 aliphatic rings. The Labute approximate surface area is 114 Å². The van der Waals surface area contributed by atoms with Crippen LogP contribution in [0.15, 0.2) is 24.0 Å². The highest BCUT2D eigenvalue weighted by Gasteiger charge is 2.24. The van der Waals surface area contributed by atoms with Crippen molar-refractivity contribution in [3.8, 4) is 0 Å². The first-order valence-corrected chi connectivity index (χ1v) is 6.92. The lowest BCUT2D eigenvalue weighted by Crippen LogP contribution is -2.35. The van der Waals surface area contributed by atoms with Gasteiger partial charge in [0, 0.05) is 25.5 Å². The fraction of sp³-hybridized carbons (Fsp3) is 0.308. The molecule has 0 aliphatic carbocycles. The van der Waals surface area contributed by atoms with Crippen molar-refractivity contribution < 1.29 is 4.79 Å². The van der Waals surface area contributed by atoms with E-state index in [1.54, 1.807) is 12.4 Å². The summed E-state index contributed by atoms with van der Waals surface area (Å²) in [5, 5.41) is 0. The highest BCUT2D eigenvalue weighted by atomic mass is 32.1. The van der Waals surface area contributed by atoms with Crippen molar-refractivity contribution in [1.82, 2.24) is 14.9 Å². The molecule has 6 heteroatoms. The average molecular weight is 274 g/mol. The Bertz CT molecular complexity index is 676. The number of hydrogen-bond acceptors (Lipinski definition) is 5. The van der Waals surface area contributed by atoms with Crippen LogP contribution in [0, 0.1) is 0 Å². The Morgan fingerprint density at radius 2 is 2.21 bits per heavy atom. The van der Waals surface area contributed by atoms with E-state index in [4.69, 9.17) is 5.73 Å². The Kier molecular flexibility index (Phi) is 2.94. The average Bonchev–Trinajstić information content (AvgIpc) is 2.76. The van der Waals surface area contributed by atoms with Crippen LogP contribution >= 0.6 is 11.3 Å². The van der Waals surface area contributed by atoms with Crippen LogP contribution < -0.4 is 5.73 Å². The van der Waals surface area contributed by atoms with Crippen molar-refractivity contribution in [3.05, 3.63) is 28.9 Å². The van der Waals surface area contributed by atoms with Gasteiger partial charge in [-0.3, -0.25) is 4.79 Å². The summed E-state index contributed by atoms with van der Waals surface area (Å²) in [4.78, 5) is 24.0. The number of rotatable bonds is 1. The highest BCUT2D eigenvalue weighted by molar-refractivity contribution is 7.21. The maximum Gasteiger partial charge on any atom is 0.266 e. The molecule has 0 aromatic carbocycles. The highest BCUT2D eigenvalue weighted by Crippen LogP contribution is 2.31. The maximum absolute atomic E-state index is 12.5. The van der Waals surface area contributed by atoms with E-state index in [-0.39, 0.29) is 5.91 Å². The van der Waals surface area contributed by atoms with Gasteiger partial charge >= 0.3 is 0 Å². The van der Waals surface area contributed by atoms with Gasteiger partial charge in [0.15, 0.2) is 0 Å². The van der Waals surface area contributed by atoms with Crippen LogP contribution in [0.2, 0.25) is 0 Å². The largest absolute Gasteiger partial charge is 0.396 e. The first kappa shape index (κ1) is 12.1. The minimum Gasteiger partial charge on any atom is -0.396 e. The number of fused-ring (bicyclic) bond motifs is 1. The number of anilines is 1. The molecule has 0 spiro atoms. The van der Waals surface area contributed by atoms with Gasteiger partial charge in [-0.1, -0.05) is 11.6 Å². The van der Waals surface area contributed by atoms with Gasteiger partial charge in [0.1, 0.15) is 15.2 Å². The molecule has 19 heavy (non-hydrogen) atoms. The zero-order chi connectivity index (χ0) is 13.4. The molecule has 98 valence electrons. The molecule has 2 aromatic heterocycles. The zero-order valence-electron chi connectivity index (χ0n) is 10.6. The van der Waals surface area contributed by atoms with Gasteiger partial charge in [0.2, 0.25) is 0 Å².